The van der Waals surface area contributed by atoms with Crippen molar-refractivity contribution in [2.75, 3.05) is 0 Å². The fraction of sp³-hybridized carbons (Fsp3) is 0. The molecule has 0 aliphatic rings. The number of carboxylic acid groups (broad SMARTS) is 2. The zero-order valence-corrected chi connectivity index (χ0v) is 6.95. The first-order valence-corrected chi connectivity index (χ1v) is 0.910. The quantitative estimate of drug-likeness (QED) is 0.205. The summed E-state index contributed by atoms with van der Waals surface area (Å²) in [5.74, 6) is 3.50. The molecule has 0 aromatic rings. The van der Waals surface area contributed by atoms with Crippen LogP contribution < -0.4 is 57.3 Å². The van der Waals surface area contributed by atoms with Gasteiger partial charge in [0.05, 0.1) is 0 Å². The second-order valence-corrected chi connectivity index (χ2v) is 0.283. The van der Waals surface area contributed by atoms with E-state index in [0.717, 1.165) is 0 Å². The number of rotatable bonds is 0. The normalized spacial score (nSPS) is 4.29. The van der Waals surface area contributed by atoms with Crippen molar-refractivity contribution in [2.24, 2.45) is 5.90 Å². The van der Waals surface area contributed by atoms with E-state index < -0.39 is 6.16 Å². The van der Waals surface area contributed by atoms with Gasteiger partial charge in [0, 0.05) is 0 Å². The molecule has 0 rings (SSSR count). The molecule has 0 saturated carbocycles. The predicted molar refractivity (Wildman–Crippen MR) is 17.7 cm³/mol. The average Bonchev–Trinajstić information content (AvgIpc) is 1.41. The van der Waals surface area contributed by atoms with Gasteiger partial charge in [0.15, 0.2) is 0 Å². The molecule has 0 fully saturated rings. The molecule has 0 atom stereocenters. The van der Waals surface area contributed by atoms with Crippen molar-refractivity contribution in [3.05, 3.63) is 0 Å². The Morgan fingerprint density at radius 1 is 1.43 bits per heavy atom. The minimum absolute atomic E-state index is 0. The Bertz CT molecular complexity index is 39.0. The van der Waals surface area contributed by atoms with Crippen LogP contribution in [-0.2, 0) is 0 Å². The van der Waals surface area contributed by atoms with Gasteiger partial charge in [-0.1, -0.05) is 0 Å². The first-order chi connectivity index (χ1) is 2.73. The molecule has 6 heteroatoms. The third kappa shape index (κ3) is 233. The zero-order valence-electron chi connectivity index (χ0n) is 4.83. The van der Waals surface area contributed by atoms with Gasteiger partial charge in [-0.05, 0) is 0 Å². The fourth-order valence-electron chi connectivity index (χ4n) is 0. The molecule has 0 unspecified atom stereocenters. The summed E-state index contributed by atoms with van der Waals surface area (Å²) in [6.07, 6.45) is -1.83. The van der Waals surface area contributed by atoms with E-state index in [0.29, 0.717) is 0 Å². The Hall–Kier alpha value is 0.826. The van der Waals surface area contributed by atoms with E-state index in [-0.39, 0.29) is 52.8 Å². The van der Waals surface area contributed by atoms with E-state index >= 15 is 0 Å². The van der Waals surface area contributed by atoms with E-state index in [1.807, 2.05) is 0 Å². The number of carbonyl (C=O) groups is 1. The Kier molecular flexibility index (Phi) is 35.4. The molecule has 0 aliphatic heterocycles. The van der Waals surface area contributed by atoms with Crippen LogP contribution in [-0.4, -0.2) is 21.6 Å². The molecule has 0 saturated heterocycles. The van der Waals surface area contributed by atoms with Crippen molar-refractivity contribution in [3.63, 3.8) is 0 Å². The Balaban J connectivity index is -0.0000000183. The maximum Gasteiger partial charge on any atom is 1.00 e. The van der Waals surface area contributed by atoms with Gasteiger partial charge in [0.25, 0.3) is 0 Å². The smallest absolute Gasteiger partial charge is 1.00 e. The van der Waals surface area contributed by atoms with Crippen LogP contribution in [0.25, 0.3) is 0 Å². The summed E-state index contributed by atoms with van der Waals surface area (Å²) < 4.78 is 0. The summed E-state index contributed by atoms with van der Waals surface area (Å²) in [7, 11) is 0. The largest absolute Gasteiger partial charge is 1.00 e. The maximum absolute atomic E-state index is 8.56. The van der Waals surface area contributed by atoms with E-state index in [9.17, 15) is 0 Å². The van der Waals surface area contributed by atoms with Crippen LogP contribution in [0, 0.1) is 0 Å². The first-order valence-electron chi connectivity index (χ1n) is 0.910. The molecule has 0 amide bonds. The third-order valence-electron chi connectivity index (χ3n) is 0. The topological polar surface area (TPSA) is 104 Å². The molecule has 7 heavy (non-hydrogen) atoms. The van der Waals surface area contributed by atoms with Gasteiger partial charge in [-0.25, -0.2) is 10.7 Å². The van der Waals surface area contributed by atoms with Crippen LogP contribution in [0.1, 0.15) is 1.43 Å². The number of hydrogen-bond donors (Lipinski definition) is 4. The van der Waals surface area contributed by atoms with Gasteiger partial charge in [-0.15, -0.1) is 0 Å². The number of nitrogens with two attached hydrogens (primary N) is 1. The molecular weight excluding hydrogens is 129 g/mol. The van der Waals surface area contributed by atoms with Crippen LogP contribution in [0.4, 0.5) is 4.79 Å². The average molecular weight is 135 g/mol. The van der Waals surface area contributed by atoms with E-state index in [4.69, 9.17) is 20.2 Å². The minimum Gasteiger partial charge on any atom is -1.00 e. The zero-order chi connectivity index (χ0) is 5.58. The van der Waals surface area contributed by atoms with Crippen LogP contribution in [0.15, 0.2) is 0 Å². The van der Waals surface area contributed by atoms with Gasteiger partial charge in [-0.3, -0.25) is 0 Å². The van der Waals surface area contributed by atoms with E-state index in [1.54, 1.807) is 0 Å². The monoisotopic (exact) mass is 135 g/mol. The summed E-state index contributed by atoms with van der Waals surface area (Å²) >= 11 is 0. The fourth-order valence-corrected chi connectivity index (χ4v) is 0. The molecule has 5 N–H and O–H groups in total. The van der Waals surface area contributed by atoms with Crippen molar-refractivity contribution in [3.8, 4) is 0 Å². The summed E-state index contributed by atoms with van der Waals surface area (Å²) in [6, 6.07) is 0. The minimum atomic E-state index is -1.83. The second kappa shape index (κ2) is 15.8. The molecule has 0 radical (unpaired) electrons. The van der Waals surface area contributed by atoms with Crippen LogP contribution in [0.3, 0.4) is 0 Å². The molecule has 0 aromatic heterocycles. The molecule has 40 valence electrons. The van der Waals surface area contributed by atoms with Crippen LogP contribution in [0.5, 0.6) is 0 Å². The van der Waals surface area contributed by atoms with Crippen molar-refractivity contribution in [2.45, 2.75) is 0 Å². The Labute approximate surface area is 84.0 Å². The molecule has 0 aliphatic carbocycles. The predicted octanol–water partition coefficient (Wildman–Crippen LogP) is -3.33. The third-order valence-corrected chi connectivity index (χ3v) is 0. The molecular formula is CH6KNO4. The summed E-state index contributed by atoms with van der Waals surface area (Å²) in [4.78, 5) is 8.56. The van der Waals surface area contributed by atoms with Gasteiger partial charge in [0.2, 0.25) is 0 Å². The van der Waals surface area contributed by atoms with Gasteiger partial charge in [-0.2, -0.15) is 0 Å². The summed E-state index contributed by atoms with van der Waals surface area (Å²) in [5.41, 5.74) is 0. The summed E-state index contributed by atoms with van der Waals surface area (Å²) in [5, 5.41) is 20.4. The van der Waals surface area contributed by atoms with E-state index in [2.05, 4.69) is 5.90 Å². The van der Waals surface area contributed by atoms with Crippen molar-refractivity contribution in [1.82, 2.24) is 0 Å². The Morgan fingerprint density at radius 3 is 1.43 bits per heavy atom. The molecule has 0 heterocycles. The van der Waals surface area contributed by atoms with E-state index in [1.165, 1.54) is 0 Å². The van der Waals surface area contributed by atoms with Gasteiger partial charge < -0.3 is 16.8 Å². The molecule has 0 spiro atoms. The molecule has 0 aromatic carbocycles. The van der Waals surface area contributed by atoms with Crippen LogP contribution in [0.2, 0.25) is 0 Å². The standard InChI is InChI=1S/CH2O3.K.H3NO.H/c2-1(3)4;;1-2;/h(H2,2,3,4);;2H,1H2;/q;+1;;-1. The molecule has 0 bridgehead atoms. The van der Waals surface area contributed by atoms with Crippen molar-refractivity contribution in [1.29, 1.82) is 0 Å². The Morgan fingerprint density at radius 2 is 1.43 bits per heavy atom. The number of hydrogen-bond acceptors (Lipinski definition) is 3. The molecule has 5 nitrogen and oxygen atoms in total. The van der Waals surface area contributed by atoms with Crippen molar-refractivity contribution < 1.29 is 73.0 Å². The van der Waals surface area contributed by atoms with Gasteiger partial charge >= 0.3 is 57.5 Å². The maximum atomic E-state index is 8.56. The van der Waals surface area contributed by atoms with Gasteiger partial charge in [0.1, 0.15) is 0 Å². The SMILES string of the molecule is NO.O=C(O)O.[H-].[K+]. The van der Waals surface area contributed by atoms with Crippen LogP contribution >= 0.6 is 0 Å². The van der Waals surface area contributed by atoms with Crippen molar-refractivity contribution >= 4 is 6.16 Å². The second-order valence-electron chi connectivity index (χ2n) is 0.283. The summed E-state index contributed by atoms with van der Waals surface area (Å²) in [6.45, 7) is 0. The first kappa shape index (κ1) is 15.7.